The number of ether oxygens (including phenoxy) is 6. The Morgan fingerprint density at radius 2 is 0.841 bits per heavy atom. The summed E-state index contributed by atoms with van der Waals surface area (Å²) in [6, 6.07) is -0.907. The van der Waals surface area contributed by atoms with E-state index in [9.17, 15) is 61.0 Å². The summed E-state index contributed by atoms with van der Waals surface area (Å²) in [7, 11) is 0. The lowest BCUT2D eigenvalue weighted by molar-refractivity contribution is -0.379. The summed E-state index contributed by atoms with van der Waals surface area (Å²) in [5.41, 5.74) is 0. The molecule has 17 unspecified atom stereocenters. The highest BCUT2D eigenvalue weighted by atomic mass is 16.8. The van der Waals surface area contributed by atoms with Crippen molar-refractivity contribution in [3.8, 4) is 0 Å². The second kappa shape index (κ2) is 45.8. The molecule has 3 heterocycles. The molecule has 3 fully saturated rings. The van der Waals surface area contributed by atoms with Gasteiger partial charge in [-0.3, -0.25) is 4.79 Å². The molecule has 0 aromatic rings. The van der Waals surface area contributed by atoms with Gasteiger partial charge in [0.05, 0.1) is 38.6 Å². The van der Waals surface area contributed by atoms with Gasteiger partial charge < -0.3 is 89.9 Å². The smallest absolute Gasteiger partial charge is 0.220 e. The second-order valence-corrected chi connectivity index (χ2v) is 22.5. The van der Waals surface area contributed by atoms with Crippen LogP contribution >= 0.6 is 0 Å². The Balaban J connectivity index is 1.49. The third kappa shape index (κ3) is 28.8. The van der Waals surface area contributed by atoms with Crippen molar-refractivity contribution in [2.45, 2.75) is 304 Å². The summed E-state index contributed by atoms with van der Waals surface area (Å²) < 4.78 is 34.3. The molecular formula is C63H111NO18. The van der Waals surface area contributed by atoms with Crippen LogP contribution in [-0.4, -0.2) is 193 Å². The van der Waals surface area contributed by atoms with E-state index in [0.29, 0.717) is 12.8 Å². The van der Waals surface area contributed by atoms with E-state index in [1.165, 1.54) is 89.9 Å². The van der Waals surface area contributed by atoms with Gasteiger partial charge in [-0.15, -0.1) is 0 Å². The Morgan fingerprint density at radius 3 is 1.30 bits per heavy atom. The molecule has 17 atom stereocenters. The van der Waals surface area contributed by atoms with E-state index < -0.39 is 124 Å². The lowest BCUT2D eigenvalue weighted by atomic mass is 9.96. The average Bonchev–Trinajstić information content (AvgIpc) is 3.39. The van der Waals surface area contributed by atoms with Gasteiger partial charge in [-0.25, -0.2) is 0 Å². The summed E-state index contributed by atoms with van der Waals surface area (Å²) in [6.07, 6.45) is 25.8. The van der Waals surface area contributed by atoms with E-state index in [1.54, 1.807) is 0 Å². The number of aliphatic hydroxyl groups is 11. The molecule has 0 saturated carbocycles. The van der Waals surface area contributed by atoms with Crippen molar-refractivity contribution >= 4 is 5.91 Å². The first kappa shape index (κ1) is 73.7. The van der Waals surface area contributed by atoms with Crippen LogP contribution in [0.3, 0.4) is 0 Å². The van der Waals surface area contributed by atoms with Crippen LogP contribution in [0.15, 0.2) is 60.8 Å². The third-order valence-corrected chi connectivity index (χ3v) is 15.6. The minimum atomic E-state index is -1.98. The molecule has 0 spiro atoms. The number of hydrogen-bond acceptors (Lipinski definition) is 18. The highest BCUT2D eigenvalue weighted by Gasteiger charge is 2.53. The first-order valence-electron chi connectivity index (χ1n) is 31.5. The van der Waals surface area contributed by atoms with Crippen molar-refractivity contribution in [1.82, 2.24) is 5.32 Å². The maximum absolute atomic E-state index is 13.4. The van der Waals surface area contributed by atoms with E-state index >= 15 is 0 Å². The number of allylic oxidation sites excluding steroid dienone is 10. The lowest BCUT2D eigenvalue weighted by Gasteiger charge is -2.48. The molecule has 3 saturated heterocycles. The molecule has 12 N–H and O–H groups in total. The van der Waals surface area contributed by atoms with Crippen LogP contribution in [0, 0.1) is 0 Å². The molecule has 0 aromatic heterocycles. The molecular weight excluding hydrogens is 1060 g/mol. The van der Waals surface area contributed by atoms with Crippen molar-refractivity contribution in [2.75, 3.05) is 26.4 Å². The first-order valence-corrected chi connectivity index (χ1v) is 31.5. The maximum Gasteiger partial charge on any atom is 0.220 e. The Labute approximate surface area is 490 Å². The standard InChI is InChI=1S/C63H111NO18/c1-3-5-7-9-11-13-15-17-19-21-23-25-27-29-31-33-35-37-39-41-51(69)64-46(47(68)40-38-36-34-32-30-28-26-24-22-20-18-16-14-12-10-8-6-4-2)45-77-61-57(75)54(72)59(49(43-66)79-61)82-63-58(76)55(73)60(50(44-67)80-63)81-62-56(74)53(71)52(70)48(42-65)78-62/h5,7,11,13,17,19,23,25,29,31,46-50,52-63,65-68,70-76H,3-4,6,8-10,12,14-16,18,20-22,24,26-28,30,32-45H2,1-2H3,(H,64,69)/b7-5-,13-11-,19-17-,25-23-,31-29-. The summed E-state index contributed by atoms with van der Waals surface area (Å²) in [5, 5.41) is 120. The molecule has 0 aliphatic carbocycles. The Morgan fingerprint density at radius 1 is 0.451 bits per heavy atom. The van der Waals surface area contributed by atoms with Gasteiger partial charge in [0.1, 0.15) is 73.2 Å². The van der Waals surface area contributed by atoms with Gasteiger partial charge in [0.25, 0.3) is 0 Å². The van der Waals surface area contributed by atoms with Gasteiger partial charge in [-0.05, 0) is 57.8 Å². The van der Waals surface area contributed by atoms with E-state index in [4.69, 9.17) is 28.4 Å². The zero-order valence-corrected chi connectivity index (χ0v) is 49.7. The average molecular weight is 1170 g/mol. The number of nitrogens with one attached hydrogen (secondary N) is 1. The van der Waals surface area contributed by atoms with Crippen LogP contribution in [0.4, 0.5) is 0 Å². The van der Waals surface area contributed by atoms with Crippen molar-refractivity contribution in [2.24, 2.45) is 0 Å². The fourth-order valence-corrected chi connectivity index (χ4v) is 10.5. The van der Waals surface area contributed by atoms with E-state index in [0.717, 1.165) is 77.0 Å². The maximum atomic E-state index is 13.4. The Bertz CT molecular complexity index is 1730. The summed E-state index contributed by atoms with van der Waals surface area (Å²) >= 11 is 0. The zero-order valence-electron chi connectivity index (χ0n) is 49.7. The molecule has 3 aliphatic heterocycles. The summed E-state index contributed by atoms with van der Waals surface area (Å²) in [6.45, 7) is 1.65. The van der Waals surface area contributed by atoms with Crippen molar-refractivity contribution in [1.29, 1.82) is 0 Å². The monoisotopic (exact) mass is 1170 g/mol. The predicted molar refractivity (Wildman–Crippen MR) is 314 cm³/mol. The number of hydrogen-bond donors (Lipinski definition) is 12. The van der Waals surface area contributed by atoms with Crippen LogP contribution in [0.2, 0.25) is 0 Å². The summed E-state index contributed by atoms with van der Waals surface area (Å²) in [5.74, 6) is -0.276. The van der Waals surface area contributed by atoms with E-state index in [-0.39, 0.29) is 18.9 Å². The van der Waals surface area contributed by atoms with Crippen molar-refractivity contribution in [3.05, 3.63) is 60.8 Å². The normalized spacial score (nSPS) is 30.0. The number of rotatable bonds is 46. The minimum Gasteiger partial charge on any atom is -0.394 e. The van der Waals surface area contributed by atoms with Crippen LogP contribution in [0.25, 0.3) is 0 Å². The molecule has 0 bridgehead atoms. The lowest BCUT2D eigenvalue weighted by Crippen LogP contribution is -2.66. The van der Waals surface area contributed by atoms with Gasteiger partial charge in [-0.2, -0.15) is 0 Å². The first-order chi connectivity index (χ1) is 39.8. The number of carbonyl (C=O) groups is 1. The zero-order chi connectivity index (χ0) is 59.7. The molecule has 19 heteroatoms. The van der Waals surface area contributed by atoms with Gasteiger partial charge in [0.2, 0.25) is 5.91 Å². The molecule has 1 amide bonds. The molecule has 3 rings (SSSR count). The largest absolute Gasteiger partial charge is 0.394 e. The number of aliphatic hydroxyl groups excluding tert-OH is 11. The Kier molecular flexibility index (Phi) is 41.2. The molecule has 476 valence electrons. The quantitative estimate of drug-likeness (QED) is 0.0231. The fourth-order valence-electron chi connectivity index (χ4n) is 10.5. The van der Waals surface area contributed by atoms with Gasteiger partial charge in [0, 0.05) is 6.42 Å². The molecule has 3 aliphatic rings. The van der Waals surface area contributed by atoms with Gasteiger partial charge >= 0.3 is 0 Å². The number of unbranched alkanes of at least 4 members (excludes halogenated alkanes) is 20. The topological polar surface area (TPSA) is 307 Å². The highest BCUT2D eigenvalue weighted by Crippen LogP contribution is 2.33. The third-order valence-electron chi connectivity index (χ3n) is 15.6. The van der Waals surface area contributed by atoms with E-state index in [1.807, 2.05) is 0 Å². The minimum absolute atomic E-state index is 0.225. The SMILES string of the molecule is CC/C=C\C/C=C\C/C=C\C/C=C\C/C=C\CCCCCC(=O)NC(COC1OC(CO)C(OC2OC(CO)C(OC3OC(CO)C(O)C(O)C3O)C(O)C2O)C(O)C1O)C(O)CCCCCCCCCCCCCCCCCCCC. The second-order valence-electron chi connectivity index (χ2n) is 22.5. The van der Waals surface area contributed by atoms with Crippen LogP contribution in [0.1, 0.15) is 200 Å². The van der Waals surface area contributed by atoms with Crippen LogP contribution in [0.5, 0.6) is 0 Å². The highest BCUT2D eigenvalue weighted by molar-refractivity contribution is 5.76. The van der Waals surface area contributed by atoms with Crippen LogP contribution < -0.4 is 5.32 Å². The molecule has 19 nitrogen and oxygen atoms in total. The van der Waals surface area contributed by atoms with Crippen molar-refractivity contribution < 1.29 is 89.4 Å². The van der Waals surface area contributed by atoms with Crippen LogP contribution in [-0.2, 0) is 33.2 Å². The predicted octanol–water partition coefficient (Wildman–Crippen LogP) is 6.43. The van der Waals surface area contributed by atoms with Crippen molar-refractivity contribution in [3.63, 3.8) is 0 Å². The summed E-state index contributed by atoms with van der Waals surface area (Å²) in [4.78, 5) is 13.4. The number of amides is 1. The number of carbonyl (C=O) groups excluding carboxylic acids is 1. The fraction of sp³-hybridized carbons (Fsp3) is 0.825. The molecule has 0 aromatic carbocycles. The van der Waals surface area contributed by atoms with Gasteiger partial charge in [0.15, 0.2) is 18.9 Å². The van der Waals surface area contributed by atoms with Gasteiger partial charge in [-0.1, -0.05) is 197 Å². The molecule has 82 heavy (non-hydrogen) atoms. The van der Waals surface area contributed by atoms with E-state index in [2.05, 4.69) is 79.9 Å². The Hall–Kier alpha value is -2.51. The molecule has 0 radical (unpaired) electrons.